The van der Waals surface area contributed by atoms with Crippen molar-refractivity contribution < 1.29 is 4.79 Å². The summed E-state index contributed by atoms with van der Waals surface area (Å²) < 4.78 is 0. The zero-order valence-corrected chi connectivity index (χ0v) is 8.92. The van der Waals surface area contributed by atoms with E-state index in [4.69, 9.17) is 5.73 Å². The van der Waals surface area contributed by atoms with Crippen molar-refractivity contribution in [1.29, 1.82) is 0 Å². The predicted molar refractivity (Wildman–Crippen MR) is 61.4 cm³/mol. The Kier molecular flexibility index (Phi) is 4.47. The SMILES string of the molecule is CCCNC(=O)NCc1cccc(N)c1. The van der Waals surface area contributed by atoms with Gasteiger partial charge in [-0.15, -0.1) is 0 Å². The van der Waals surface area contributed by atoms with Gasteiger partial charge < -0.3 is 16.4 Å². The summed E-state index contributed by atoms with van der Waals surface area (Å²) in [4.78, 5) is 11.2. The lowest BCUT2D eigenvalue weighted by atomic mass is 10.2. The maximum atomic E-state index is 11.2. The largest absolute Gasteiger partial charge is 0.399 e. The van der Waals surface area contributed by atoms with Crippen molar-refractivity contribution in [2.24, 2.45) is 0 Å². The molecule has 0 aliphatic carbocycles. The van der Waals surface area contributed by atoms with Gasteiger partial charge in [0.2, 0.25) is 0 Å². The summed E-state index contributed by atoms with van der Waals surface area (Å²) >= 11 is 0. The molecular weight excluding hydrogens is 190 g/mol. The highest BCUT2D eigenvalue weighted by molar-refractivity contribution is 5.73. The molecule has 0 saturated heterocycles. The highest BCUT2D eigenvalue weighted by Gasteiger charge is 1.98. The number of nitrogen functional groups attached to an aromatic ring is 1. The molecule has 82 valence electrons. The molecule has 0 radical (unpaired) electrons. The Morgan fingerprint density at radius 1 is 1.40 bits per heavy atom. The normalized spacial score (nSPS) is 9.67. The van der Waals surface area contributed by atoms with Gasteiger partial charge in [0.1, 0.15) is 0 Å². The van der Waals surface area contributed by atoms with Gasteiger partial charge in [-0.2, -0.15) is 0 Å². The molecule has 0 heterocycles. The van der Waals surface area contributed by atoms with Gasteiger partial charge in [-0.25, -0.2) is 4.79 Å². The van der Waals surface area contributed by atoms with Crippen molar-refractivity contribution in [3.05, 3.63) is 29.8 Å². The zero-order valence-electron chi connectivity index (χ0n) is 8.92. The Morgan fingerprint density at radius 3 is 2.87 bits per heavy atom. The number of carbonyl (C=O) groups is 1. The van der Waals surface area contributed by atoms with Crippen LogP contribution in [0.25, 0.3) is 0 Å². The third kappa shape index (κ3) is 4.35. The van der Waals surface area contributed by atoms with E-state index < -0.39 is 0 Å². The van der Waals surface area contributed by atoms with Crippen LogP contribution >= 0.6 is 0 Å². The fourth-order valence-corrected chi connectivity index (χ4v) is 1.19. The summed E-state index contributed by atoms with van der Waals surface area (Å²) in [7, 11) is 0. The molecule has 4 N–H and O–H groups in total. The first-order chi connectivity index (χ1) is 7.22. The number of rotatable bonds is 4. The maximum absolute atomic E-state index is 11.2. The van der Waals surface area contributed by atoms with Gasteiger partial charge in [0.05, 0.1) is 0 Å². The van der Waals surface area contributed by atoms with Crippen molar-refractivity contribution in [2.75, 3.05) is 12.3 Å². The quantitative estimate of drug-likeness (QED) is 0.655. The van der Waals surface area contributed by atoms with Gasteiger partial charge in [-0.1, -0.05) is 19.1 Å². The Bertz CT molecular complexity index is 325. The number of amides is 2. The van der Waals surface area contributed by atoms with Gasteiger partial charge in [0, 0.05) is 18.8 Å². The molecule has 1 aromatic carbocycles. The number of hydrogen-bond donors (Lipinski definition) is 3. The van der Waals surface area contributed by atoms with E-state index in [1.54, 1.807) is 0 Å². The number of benzene rings is 1. The summed E-state index contributed by atoms with van der Waals surface area (Å²) in [6.45, 7) is 3.21. The summed E-state index contributed by atoms with van der Waals surface area (Å²) in [6.07, 6.45) is 0.936. The van der Waals surface area contributed by atoms with Crippen molar-refractivity contribution in [3.8, 4) is 0 Å². The number of urea groups is 1. The zero-order chi connectivity index (χ0) is 11.1. The second-order valence-corrected chi connectivity index (χ2v) is 3.35. The average Bonchev–Trinajstić information content (AvgIpc) is 2.23. The van der Waals surface area contributed by atoms with E-state index in [0.29, 0.717) is 18.8 Å². The Balaban J connectivity index is 2.33. The van der Waals surface area contributed by atoms with Crippen LogP contribution in [0.5, 0.6) is 0 Å². The van der Waals surface area contributed by atoms with Crippen LogP contribution in [-0.4, -0.2) is 12.6 Å². The first kappa shape index (κ1) is 11.4. The van der Waals surface area contributed by atoms with Crippen LogP contribution in [0.4, 0.5) is 10.5 Å². The maximum Gasteiger partial charge on any atom is 0.315 e. The van der Waals surface area contributed by atoms with Crippen LogP contribution in [0.2, 0.25) is 0 Å². The van der Waals surface area contributed by atoms with Crippen LogP contribution < -0.4 is 16.4 Å². The van der Waals surface area contributed by atoms with Crippen LogP contribution in [0.15, 0.2) is 24.3 Å². The number of hydrogen-bond acceptors (Lipinski definition) is 2. The lowest BCUT2D eigenvalue weighted by molar-refractivity contribution is 0.240. The lowest BCUT2D eigenvalue weighted by Crippen LogP contribution is -2.35. The molecule has 0 bridgehead atoms. The number of carbonyl (C=O) groups excluding carboxylic acids is 1. The molecule has 0 fully saturated rings. The van der Waals surface area contributed by atoms with E-state index in [0.717, 1.165) is 12.0 Å². The minimum absolute atomic E-state index is 0.140. The first-order valence-corrected chi connectivity index (χ1v) is 5.08. The first-order valence-electron chi connectivity index (χ1n) is 5.08. The van der Waals surface area contributed by atoms with E-state index in [-0.39, 0.29) is 6.03 Å². The molecule has 1 aromatic rings. The molecule has 0 saturated carbocycles. The summed E-state index contributed by atoms with van der Waals surface area (Å²) in [5, 5.41) is 5.49. The second kappa shape index (κ2) is 5.90. The van der Waals surface area contributed by atoms with E-state index in [9.17, 15) is 4.79 Å². The van der Waals surface area contributed by atoms with Crippen LogP contribution in [0.1, 0.15) is 18.9 Å². The number of anilines is 1. The van der Waals surface area contributed by atoms with Crippen LogP contribution in [0.3, 0.4) is 0 Å². The molecule has 0 atom stereocenters. The standard InChI is InChI=1S/C11H17N3O/c1-2-6-13-11(15)14-8-9-4-3-5-10(12)7-9/h3-5,7H,2,6,8,12H2,1H3,(H2,13,14,15). The number of nitrogens with two attached hydrogens (primary N) is 1. The molecule has 4 nitrogen and oxygen atoms in total. The average molecular weight is 207 g/mol. The minimum Gasteiger partial charge on any atom is -0.399 e. The number of nitrogens with one attached hydrogen (secondary N) is 2. The second-order valence-electron chi connectivity index (χ2n) is 3.35. The Morgan fingerprint density at radius 2 is 2.20 bits per heavy atom. The van der Waals surface area contributed by atoms with Gasteiger partial charge in [0.25, 0.3) is 0 Å². The van der Waals surface area contributed by atoms with E-state index >= 15 is 0 Å². The predicted octanol–water partition coefficient (Wildman–Crippen LogP) is 1.48. The van der Waals surface area contributed by atoms with Crippen LogP contribution in [0, 0.1) is 0 Å². The monoisotopic (exact) mass is 207 g/mol. The third-order valence-electron chi connectivity index (χ3n) is 1.94. The van der Waals surface area contributed by atoms with E-state index in [2.05, 4.69) is 10.6 Å². The lowest BCUT2D eigenvalue weighted by Gasteiger charge is -2.06. The molecule has 15 heavy (non-hydrogen) atoms. The van der Waals surface area contributed by atoms with Gasteiger partial charge in [-0.05, 0) is 24.1 Å². The highest BCUT2D eigenvalue weighted by Crippen LogP contribution is 2.05. The minimum atomic E-state index is -0.140. The summed E-state index contributed by atoms with van der Waals surface area (Å²) in [6, 6.07) is 7.33. The topological polar surface area (TPSA) is 67.2 Å². The van der Waals surface area contributed by atoms with Crippen molar-refractivity contribution in [3.63, 3.8) is 0 Å². The Hall–Kier alpha value is -1.71. The molecular formula is C11H17N3O. The molecule has 4 heteroatoms. The smallest absolute Gasteiger partial charge is 0.315 e. The van der Waals surface area contributed by atoms with Gasteiger partial charge in [-0.3, -0.25) is 0 Å². The van der Waals surface area contributed by atoms with Crippen molar-refractivity contribution >= 4 is 11.7 Å². The van der Waals surface area contributed by atoms with Crippen LogP contribution in [-0.2, 0) is 6.54 Å². The highest BCUT2D eigenvalue weighted by atomic mass is 16.2. The molecule has 0 aromatic heterocycles. The molecule has 1 rings (SSSR count). The van der Waals surface area contributed by atoms with Crippen molar-refractivity contribution in [1.82, 2.24) is 10.6 Å². The molecule has 2 amide bonds. The molecule has 0 unspecified atom stereocenters. The fraction of sp³-hybridized carbons (Fsp3) is 0.364. The van der Waals surface area contributed by atoms with Crippen molar-refractivity contribution in [2.45, 2.75) is 19.9 Å². The molecule has 0 aliphatic heterocycles. The molecule has 0 aliphatic rings. The summed E-state index contributed by atoms with van der Waals surface area (Å²) in [5.41, 5.74) is 7.33. The van der Waals surface area contributed by atoms with Gasteiger partial charge in [0.15, 0.2) is 0 Å². The van der Waals surface area contributed by atoms with E-state index in [1.807, 2.05) is 31.2 Å². The van der Waals surface area contributed by atoms with E-state index in [1.165, 1.54) is 0 Å². The molecule has 0 spiro atoms. The summed E-state index contributed by atoms with van der Waals surface area (Å²) in [5.74, 6) is 0. The third-order valence-corrected chi connectivity index (χ3v) is 1.94. The Labute approximate surface area is 89.9 Å². The van der Waals surface area contributed by atoms with Gasteiger partial charge >= 0.3 is 6.03 Å². The fourth-order valence-electron chi connectivity index (χ4n) is 1.19.